The van der Waals surface area contributed by atoms with Gasteiger partial charge in [0.2, 0.25) is 5.91 Å². The number of halogens is 1. The maximum Gasteiger partial charge on any atom is 0.270 e. The first-order valence-corrected chi connectivity index (χ1v) is 11.5. The highest BCUT2D eigenvalue weighted by Crippen LogP contribution is 2.17. The maximum absolute atomic E-state index is 13.1. The zero-order valence-corrected chi connectivity index (χ0v) is 19.4. The zero-order chi connectivity index (χ0) is 24.8. The van der Waals surface area contributed by atoms with E-state index in [9.17, 15) is 18.8 Å². The van der Waals surface area contributed by atoms with E-state index in [0.717, 1.165) is 5.75 Å². The Balaban J connectivity index is 1.32. The van der Waals surface area contributed by atoms with Gasteiger partial charge in [0.05, 0.1) is 6.61 Å². The van der Waals surface area contributed by atoms with Crippen molar-refractivity contribution >= 4 is 23.4 Å². The molecular weight excluding hydrogens is 451 g/mol. The maximum atomic E-state index is 13.1. The topological polar surface area (TPSA) is 83.9 Å². The molecule has 1 aliphatic heterocycles. The number of benzene rings is 2. The Hall–Kier alpha value is -4.14. The largest absolute Gasteiger partial charge is 0.494 e. The van der Waals surface area contributed by atoms with Crippen LogP contribution in [0.25, 0.3) is 0 Å². The average Bonchev–Trinajstić information content (AvgIpc) is 3.33. The second-order valence-electron chi connectivity index (χ2n) is 8.12. The predicted octanol–water partition coefficient (Wildman–Crippen LogP) is 3.26. The summed E-state index contributed by atoms with van der Waals surface area (Å²) in [5.74, 6) is -0.310. The van der Waals surface area contributed by atoms with E-state index in [4.69, 9.17) is 4.74 Å². The van der Waals surface area contributed by atoms with Crippen LogP contribution in [0.4, 0.5) is 10.1 Å². The molecule has 8 nitrogen and oxygen atoms in total. The van der Waals surface area contributed by atoms with Gasteiger partial charge in [-0.3, -0.25) is 14.4 Å². The van der Waals surface area contributed by atoms with Crippen molar-refractivity contribution in [1.29, 1.82) is 0 Å². The van der Waals surface area contributed by atoms with Crippen LogP contribution in [0.5, 0.6) is 5.75 Å². The van der Waals surface area contributed by atoms with Gasteiger partial charge in [-0.2, -0.15) is 0 Å². The van der Waals surface area contributed by atoms with Gasteiger partial charge in [-0.25, -0.2) is 4.39 Å². The Kier molecular flexibility index (Phi) is 7.45. The number of nitrogens with one attached hydrogen (secondary N) is 1. The molecule has 1 fully saturated rings. The van der Waals surface area contributed by atoms with Crippen LogP contribution in [-0.4, -0.2) is 64.9 Å². The van der Waals surface area contributed by atoms with Crippen molar-refractivity contribution < 1.29 is 23.5 Å². The van der Waals surface area contributed by atoms with E-state index in [1.165, 1.54) is 24.3 Å². The fourth-order valence-corrected chi connectivity index (χ4v) is 3.95. The Labute approximate surface area is 202 Å². The number of anilines is 1. The minimum absolute atomic E-state index is 0.00962. The Morgan fingerprint density at radius 1 is 0.886 bits per heavy atom. The van der Waals surface area contributed by atoms with Gasteiger partial charge in [-0.15, -0.1) is 0 Å². The summed E-state index contributed by atoms with van der Waals surface area (Å²) in [6.07, 6.45) is 1.69. The van der Waals surface area contributed by atoms with Crippen molar-refractivity contribution in [2.75, 3.05) is 38.1 Å². The monoisotopic (exact) mass is 478 g/mol. The van der Waals surface area contributed by atoms with Crippen LogP contribution in [0.2, 0.25) is 0 Å². The molecule has 0 saturated carbocycles. The molecule has 0 aliphatic carbocycles. The molecule has 35 heavy (non-hydrogen) atoms. The van der Waals surface area contributed by atoms with Gasteiger partial charge >= 0.3 is 0 Å². The molecule has 1 N–H and O–H groups in total. The van der Waals surface area contributed by atoms with Crippen molar-refractivity contribution in [3.8, 4) is 5.75 Å². The number of hydrogen-bond acceptors (Lipinski definition) is 4. The van der Waals surface area contributed by atoms with E-state index >= 15 is 0 Å². The van der Waals surface area contributed by atoms with E-state index in [-0.39, 0.29) is 24.3 Å². The second kappa shape index (κ2) is 10.9. The highest BCUT2D eigenvalue weighted by molar-refractivity contribution is 5.96. The molecule has 3 amide bonds. The molecule has 1 saturated heterocycles. The average molecular weight is 479 g/mol. The molecular formula is C26H27FN4O4. The van der Waals surface area contributed by atoms with E-state index < -0.39 is 5.82 Å². The van der Waals surface area contributed by atoms with Crippen LogP contribution in [-0.2, 0) is 11.3 Å². The Morgan fingerprint density at radius 2 is 1.51 bits per heavy atom. The van der Waals surface area contributed by atoms with Gasteiger partial charge in [0.25, 0.3) is 11.8 Å². The normalized spacial score (nSPS) is 13.4. The number of rotatable bonds is 7. The van der Waals surface area contributed by atoms with Crippen LogP contribution >= 0.6 is 0 Å². The first-order chi connectivity index (χ1) is 16.9. The first-order valence-electron chi connectivity index (χ1n) is 11.5. The van der Waals surface area contributed by atoms with Gasteiger partial charge in [-0.05, 0) is 67.6 Å². The quantitative estimate of drug-likeness (QED) is 0.565. The molecule has 1 aliphatic rings. The molecule has 0 bridgehead atoms. The number of ether oxygens (including phenoxy) is 1. The molecule has 0 radical (unpaired) electrons. The lowest BCUT2D eigenvalue weighted by Gasteiger charge is -2.35. The first kappa shape index (κ1) is 24.0. The van der Waals surface area contributed by atoms with Crippen molar-refractivity contribution in [3.05, 3.63) is 83.9 Å². The summed E-state index contributed by atoms with van der Waals surface area (Å²) in [7, 11) is 0. The highest BCUT2D eigenvalue weighted by Gasteiger charge is 2.27. The lowest BCUT2D eigenvalue weighted by atomic mass is 10.1. The number of aromatic nitrogens is 1. The summed E-state index contributed by atoms with van der Waals surface area (Å²) in [6.45, 7) is 3.95. The van der Waals surface area contributed by atoms with E-state index in [0.29, 0.717) is 49.7 Å². The van der Waals surface area contributed by atoms with Crippen molar-refractivity contribution in [2.45, 2.75) is 13.5 Å². The van der Waals surface area contributed by atoms with Crippen molar-refractivity contribution in [2.24, 2.45) is 0 Å². The number of hydrogen-bond donors (Lipinski definition) is 1. The van der Waals surface area contributed by atoms with Gasteiger partial charge in [-0.1, -0.05) is 0 Å². The van der Waals surface area contributed by atoms with Gasteiger partial charge in [0.1, 0.15) is 23.8 Å². The zero-order valence-electron chi connectivity index (χ0n) is 19.4. The minimum atomic E-state index is -0.395. The lowest BCUT2D eigenvalue weighted by molar-refractivity contribution is -0.116. The van der Waals surface area contributed by atoms with Gasteiger partial charge in [0.15, 0.2) is 0 Å². The minimum Gasteiger partial charge on any atom is -0.494 e. The summed E-state index contributed by atoms with van der Waals surface area (Å²) in [5, 5.41) is 2.82. The number of carbonyl (C=O) groups is 3. The predicted molar refractivity (Wildman–Crippen MR) is 129 cm³/mol. The third-order valence-corrected chi connectivity index (χ3v) is 5.76. The third-order valence-electron chi connectivity index (χ3n) is 5.76. The van der Waals surface area contributed by atoms with Crippen LogP contribution in [0.15, 0.2) is 66.9 Å². The van der Waals surface area contributed by atoms with Crippen LogP contribution in [0.1, 0.15) is 27.8 Å². The van der Waals surface area contributed by atoms with Crippen LogP contribution in [0, 0.1) is 5.82 Å². The lowest BCUT2D eigenvalue weighted by Crippen LogP contribution is -2.51. The Morgan fingerprint density at radius 3 is 2.14 bits per heavy atom. The molecule has 9 heteroatoms. The van der Waals surface area contributed by atoms with Gasteiger partial charge in [0, 0.05) is 43.6 Å². The van der Waals surface area contributed by atoms with E-state index in [2.05, 4.69) is 5.32 Å². The molecule has 4 rings (SSSR count). The van der Waals surface area contributed by atoms with Crippen molar-refractivity contribution in [1.82, 2.24) is 14.4 Å². The second-order valence-corrected chi connectivity index (χ2v) is 8.12. The number of nitrogens with zero attached hydrogens (tertiary/aromatic N) is 3. The van der Waals surface area contributed by atoms with Crippen molar-refractivity contribution in [3.63, 3.8) is 0 Å². The third kappa shape index (κ3) is 5.87. The Bertz CT molecular complexity index is 1180. The standard InChI is InChI=1S/C26H27FN4O4/c1-2-35-22-11-9-21(10-12-22)28-24(32)18-31-13-3-4-23(31)26(34)30-16-14-29(15-17-30)25(33)19-5-7-20(27)8-6-19/h3-13H,2,14-18H2,1H3,(H,28,32). The molecule has 1 aromatic heterocycles. The SMILES string of the molecule is CCOc1ccc(NC(=O)Cn2cccc2C(=O)N2CCN(C(=O)c3ccc(F)cc3)CC2)cc1. The molecule has 182 valence electrons. The highest BCUT2D eigenvalue weighted by atomic mass is 19.1. The molecule has 0 unspecified atom stereocenters. The fraction of sp³-hybridized carbons (Fsp3) is 0.269. The molecule has 0 spiro atoms. The van der Waals surface area contributed by atoms with E-state index in [1.807, 2.05) is 6.92 Å². The number of amides is 3. The number of piperazine rings is 1. The van der Waals surface area contributed by atoms with Crippen LogP contribution < -0.4 is 10.1 Å². The van der Waals surface area contributed by atoms with Crippen LogP contribution in [0.3, 0.4) is 0 Å². The molecule has 0 atom stereocenters. The molecule has 2 aromatic carbocycles. The smallest absolute Gasteiger partial charge is 0.270 e. The summed E-state index contributed by atoms with van der Waals surface area (Å²) >= 11 is 0. The van der Waals surface area contributed by atoms with E-state index in [1.54, 1.807) is 57.0 Å². The summed E-state index contributed by atoms with van der Waals surface area (Å²) in [5.41, 5.74) is 1.46. The summed E-state index contributed by atoms with van der Waals surface area (Å²) in [6, 6.07) is 15.9. The molecule has 3 aromatic rings. The fourth-order valence-electron chi connectivity index (χ4n) is 3.95. The summed E-state index contributed by atoms with van der Waals surface area (Å²) < 4.78 is 20.1. The summed E-state index contributed by atoms with van der Waals surface area (Å²) in [4.78, 5) is 41.6. The number of carbonyl (C=O) groups excluding carboxylic acids is 3. The van der Waals surface area contributed by atoms with Gasteiger partial charge < -0.3 is 24.4 Å². The molecule has 2 heterocycles.